The third kappa shape index (κ3) is 3.16. The van der Waals surface area contributed by atoms with Gasteiger partial charge in [0.05, 0.1) is 10.4 Å². The number of nitro benzene ring substituents is 1. The van der Waals surface area contributed by atoms with Crippen molar-refractivity contribution in [3.8, 4) is 0 Å². The lowest BCUT2D eigenvalue weighted by Gasteiger charge is -1.99. The van der Waals surface area contributed by atoms with E-state index in [2.05, 4.69) is 0 Å². The summed E-state index contributed by atoms with van der Waals surface area (Å²) >= 11 is 0. The average Bonchev–Trinajstić information content (AvgIpc) is 2.20. The largest absolute Gasteiger partial charge is 0.495 e. The molecule has 0 aromatic heterocycles. The minimum Gasteiger partial charge on any atom is -0.423 e. The van der Waals surface area contributed by atoms with Gasteiger partial charge in [-0.15, -0.1) is 0 Å². The van der Waals surface area contributed by atoms with Gasteiger partial charge in [0.2, 0.25) is 0 Å². The Kier molecular flexibility index (Phi) is 5.51. The molecule has 5 nitrogen and oxygen atoms in total. The first-order chi connectivity index (χ1) is 6.63. The molecule has 0 bridgehead atoms. The maximum Gasteiger partial charge on any atom is 0.495 e. The van der Waals surface area contributed by atoms with Crippen LogP contribution in [0.15, 0.2) is 24.3 Å². The van der Waals surface area contributed by atoms with Gasteiger partial charge in [0, 0.05) is 6.07 Å². The molecule has 0 heterocycles. The summed E-state index contributed by atoms with van der Waals surface area (Å²) in [5.41, 5.74) is -0.380. The van der Waals surface area contributed by atoms with Crippen molar-refractivity contribution in [2.45, 2.75) is 13.8 Å². The number of hydrogen-bond donors (Lipinski definition) is 2. The van der Waals surface area contributed by atoms with Crippen LogP contribution in [0.4, 0.5) is 5.69 Å². The molecule has 0 aliphatic rings. The van der Waals surface area contributed by atoms with Gasteiger partial charge in [-0.25, -0.2) is 0 Å². The Balaban J connectivity index is 0.000000791. The molecule has 1 aromatic carbocycles. The van der Waals surface area contributed by atoms with Crippen LogP contribution in [0.1, 0.15) is 13.8 Å². The highest BCUT2D eigenvalue weighted by Crippen LogP contribution is 2.06. The number of rotatable bonds is 2. The topological polar surface area (TPSA) is 83.6 Å². The molecule has 0 spiro atoms. The van der Waals surface area contributed by atoms with Crippen LogP contribution in [0.25, 0.3) is 0 Å². The quantitative estimate of drug-likeness (QED) is 0.405. The maximum atomic E-state index is 10.3. The molecule has 0 unspecified atom stereocenters. The molecule has 0 amide bonds. The minimum absolute atomic E-state index is 0.0949. The first-order valence-electron chi connectivity index (χ1n) is 4.22. The van der Waals surface area contributed by atoms with Crippen molar-refractivity contribution >= 4 is 18.3 Å². The summed E-state index contributed by atoms with van der Waals surface area (Å²) in [5, 5.41) is 27.7. The molecule has 1 aromatic rings. The highest BCUT2D eigenvalue weighted by molar-refractivity contribution is 6.60. The van der Waals surface area contributed by atoms with E-state index in [1.807, 2.05) is 13.8 Å². The van der Waals surface area contributed by atoms with Crippen LogP contribution in [-0.2, 0) is 0 Å². The zero-order valence-corrected chi connectivity index (χ0v) is 8.04. The van der Waals surface area contributed by atoms with Crippen LogP contribution < -0.4 is 5.46 Å². The number of nitrogens with zero attached hydrogens (tertiary/aromatic N) is 1. The molecule has 0 radical (unpaired) electrons. The molecule has 0 aliphatic heterocycles. The molecule has 76 valence electrons. The summed E-state index contributed by atoms with van der Waals surface area (Å²) in [6.07, 6.45) is 0. The van der Waals surface area contributed by atoms with Gasteiger partial charge in [-0.3, -0.25) is 10.1 Å². The summed E-state index contributed by atoms with van der Waals surface area (Å²) in [5.74, 6) is 0. The number of hydrogen-bond acceptors (Lipinski definition) is 4. The highest BCUT2D eigenvalue weighted by atomic mass is 16.6. The van der Waals surface area contributed by atoms with Gasteiger partial charge < -0.3 is 10.0 Å². The lowest BCUT2D eigenvalue weighted by Crippen LogP contribution is -2.31. The molecule has 2 N–H and O–H groups in total. The summed E-state index contributed by atoms with van der Waals surface area (Å²) in [6.45, 7) is 4.00. The fourth-order valence-corrected chi connectivity index (χ4v) is 0.872. The van der Waals surface area contributed by atoms with Crippen LogP contribution in [0, 0.1) is 10.1 Å². The van der Waals surface area contributed by atoms with Crippen molar-refractivity contribution in [2.24, 2.45) is 0 Å². The van der Waals surface area contributed by atoms with Gasteiger partial charge in [-0.1, -0.05) is 32.0 Å². The molecule has 0 fully saturated rings. The van der Waals surface area contributed by atoms with Gasteiger partial charge in [-0.05, 0) is 0 Å². The summed E-state index contributed by atoms with van der Waals surface area (Å²) < 4.78 is 0. The Bertz CT molecular complexity index is 303. The molecule has 0 saturated carbocycles. The Labute approximate surface area is 82.3 Å². The monoisotopic (exact) mass is 197 g/mol. The van der Waals surface area contributed by atoms with Crippen LogP contribution in [0.2, 0.25) is 0 Å². The van der Waals surface area contributed by atoms with Crippen molar-refractivity contribution in [2.75, 3.05) is 0 Å². The second-order valence-corrected chi connectivity index (χ2v) is 2.19. The van der Waals surface area contributed by atoms with E-state index in [0.29, 0.717) is 0 Å². The smallest absolute Gasteiger partial charge is 0.423 e. The molecular weight excluding hydrogens is 185 g/mol. The van der Waals surface area contributed by atoms with Crippen LogP contribution >= 0.6 is 0 Å². The van der Waals surface area contributed by atoms with Crippen molar-refractivity contribution in [1.82, 2.24) is 0 Å². The number of benzene rings is 1. The van der Waals surface area contributed by atoms with E-state index in [-0.39, 0.29) is 11.2 Å². The van der Waals surface area contributed by atoms with Gasteiger partial charge in [0.1, 0.15) is 0 Å². The Hall–Kier alpha value is -1.40. The lowest BCUT2D eigenvalue weighted by atomic mass is 9.79. The fraction of sp³-hybridized carbons (Fsp3) is 0.250. The summed E-state index contributed by atoms with van der Waals surface area (Å²) in [6, 6.07) is 5.48. The third-order valence-corrected chi connectivity index (χ3v) is 1.41. The van der Waals surface area contributed by atoms with E-state index in [9.17, 15) is 10.1 Å². The average molecular weight is 197 g/mol. The van der Waals surface area contributed by atoms with E-state index in [0.717, 1.165) is 0 Å². The maximum absolute atomic E-state index is 10.3. The summed E-state index contributed by atoms with van der Waals surface area (Å²) in [4.78, 5) is 9.65. The Morgan fingerprint density at radius 1 is 1.29 bits per heavy atom. The lowest BCUT2D eigenvalue weighted by molar-refractivity contribution is -0.383. The Morgan fingerprint density at radius 2 is 1.79 bits per heavy atom. The number of para-hydroxylation sites is 1. The normalized spacial score (nSPS) is 8.57. The van der Waals surface area contributed by atoms with Gasteiger partial charge in [0.25, 0.3) is 5.69 Å². The minimum atomic E-state index is -1.80. The SMILES string of the molecule is CC.O=[N+]([O-])c1ccccc1B(O)O. The standard InChI is InChI=1S/C6H6BNO4.C2H6/c9-7(10)5-3-1-2-4-6(5)8(11)12;1-2/h1-4,9-10H;1-2H3. The predicted octanol–water partition coefficient (Wildman–Crippen LogP) is 0.301. The molecule has 0 aliphatic carbocycles. The van der Waals surface area contributed by atoms with Gasteiger partial charge in [-0.2, -0.15) is 0 Å². The van der Waals surface area contributed by atoms with E-state index in [4.69, 9.17) is 10.0 Å². The van der Waals surface area contributed by atoms with Crippen LogP contribution in [0.5, 0.6) is 0 Å². The zero-order valence-electron chi connectivity index (χ0n) is 8.04. The van der Waals surface area contributed by atoms with Gasteiger partial charge >= 0.3 is 7.12 Å². The van der Waals surface area contributed by atoms with E-state index in [1.165, 1.54) is 24.3 Å². The first kappa shape index (κ1) is 12.6. The Morgan fingerprint density at radius 3 is 2.14 bits per heavy atom. The zero-order chi connectivity index (χ0) is 11.1. The third-order valence-electron chi connectivity index (χ3n) is 1.41. The molecular formula is C8H12BNO4. The fourth-order valence-electron chi connectivity index (χ4n) is 0.872. The van der Waals surface area contributed by atoms with Crippen molar-refractivity contribution in [1.29, 1.82) is 0 Å². The highest BCUT2D eigenvalue weighted by Gasteiger charge is 2.22. The van der Waals surface area contributed by atoms with Crippen molar-refractivity contribution in [3.05, 3.63) is 34.4 Å². The first-order valence-corrected chi connectivity index (χ1v) is 4.22. The molecule has 14 heavy (non-hydrogen) atoms. The molecule has 0 atom stereocenters. The van der Waals surface area contributed by atoms with E-state index >= 15 is 0 Å². The van der Waals surface area contributed by atoms with Crippen molar-refractivity contribution in [3.63, 3.8) is 0 Å². The van der Waals surface area contributed by atoms with E-state index in [1.54, 1.807) is 0 Å². The van der Waals surface area contributed by atoms with Crippen molar-refractivity contribution < 1.29 is 15.0 Å². The second kappa shape index (κ2) is 6.12. The molecule has 6 heteroatoms. The van der Waals surface area contributed by atoms with Crippen LogP contribution in [-0.4, -0.2) is 22.1 Å². The predicted molar refractivity (Wildman–Crippen MR) is 54.3 cm³/mol. The van der Waals surface area contributed by atoms with Gasteiger partial charge in [0.15, 0.2) is 0 Å². The number of nitro groups is 1. The second-order valence-electron chi connectivity index (χ2n) is 2.19. The molecule has 1 rings (SSSR count). The van der Waals surface area contributed by atoms with E-state index < -0.39 is 12.0 Å². The summed E-state index contributed by atoms with van der Waals surface area (Å²) in [7, 11) is -1.80. The molecule has 0 saturated heterocycles. The van der Waals surface area contributed by atoms with Crippen LogP contribution in [0.3, 0.4) is 0 Å².